The molecule has 2 aromatic carbocycles. The number of fused-ring (bicyclic) bond motifs is 2. The van der Waals surface area contributed by atoms with Gasteiger partial charge in [0.25, 0.3) is 0 Å². The quantitative estimate of drug-likeness (QED) is 0.741. The average molecular weight is 384 g/mol. The highest BCUT2D eigenvalue weighted by molar-refractivity contribution is 6.31. The normalized spacial score (nSPS) is 17.0. The molecule has 0 atom stereocenters. The lowest BCUT2D eigenvalue weighted by Crippen LogP contribution is -2.47. The fourth-order valence-corrected chi connectivity index (χ4v) is 4.19. The lowest BCUT2D eigenvalue weighted by molar-refractivity contribution is 0.174. The van der Waals surface area contributed by atoms with Crippen LogP contribution in [-0.2, 0) is 6.42 Å². The molecule has 0 spiro atoms. The number of rotatable bonds is 4. The molecular weight excluding hydrogens is 362 g/mol. The van der Waals surface area contributed by atoms with E-state index < -0.39 is 0 Å². The molecule has 3 aromatic rings. The molecule has 0 unspecified atom stereocenters. The largest absolute Gasteiger partial charge is 0.454 e. The summed E-state index contributed by atoms with van der Waals surface area (Å²) in [7, 11) is 0. The zero-order chi connectivity index (χ0) is 18.2. The van der Waals surface area contributed by atoms with Crippen molar-refractivity contribution in [3.05, 3.63) is 53.2 Å². The van der Waals surface area contributed by atoms with Crippen LogP contribution in [0, 0.1) is 0 Å². The van der Waals surface area contributed by atoms with Crippen molar-refractivity contribution in [1.82, 2.24) is 9.88 Å². The Morgan fingerprint density at radius 1 is 1.04 bits per heavy atom. The molecule has 5 rings (SSSR count). The topological polar surface area (TPSA) is 40.7 Å². The minimum Gasteiger partial charge on any atom is -0.454 e. The van der Waals surface area contributed by atoms with E-state index in [0.717, 1.165) is 66.9 Å². The first-order chi connectivity index (χ1) is 13.3. The van der Waals surface area contributed by atoms with Crippen LogP contribution in [0.2, 0.25) is 5.02 Å². The second-order valence-corrected chi connectivity index (χ2v) is 7.53. The third-order valence-corrected chi connectivity index (χ3v) is 5.75. The van der Waals surface area contributed by atoms with Crippen molar-refractivity contribution in [3.8, 4) is 11.5 Å². The standard InChI is InChI=1S/C21H22ClN3O2/c22-16-4-5-17-15(13-23-18(17)12-16)6-7-24-8-10-25(11-9-24)19-2-1-3-20-21(19)27-14-26-20/h1-5,12-13,23H,6-11,14H2. The molecule has 5 nitrogen and oxygen atoms in total. The number of para-hydroxylation sites is 1. The predicted molar refractivity (Wildman–Crippen MR) is 108 cm³/mol. The summed E-state index contributed by atoms with van der Waals surface area (Å²) in [4.78, 5) is 8.27. The number of piperazine rings is 1. The van der Waals surface area contributed by atoms with Crippen LogP contribution in [0.25, 0.3) is 10.9 Å². The third kappa shape index (κ3) is 3.22. The molecule has 0 radical (unpaired) electrons. The van der Waals surface area contributed by atoms with Crippen molar-refractivity contribution in [1.29, 1.82) is 0 Å². The Labute approximate surface area is 163 Å². The number of nitrogens with one attached hydrogen (secondary N) is 1. The Kier molecular flexibility index (Phi) is 4.34. The van der Waals surface area contributed by atoms with Gasteiger partial charge in [-0.2, -0.15) is 0 Å². The second kappa shape index (κ2) is 6.98. The van der Waals surface area contributed by atoms with Crippen LogP contribution in [0.5, 0.6) is 11.5 Å². The molecule has 27 heavy (non-hydrogen) atoms. The van der Waals surface area contributed by atoms with Gasteiger partial charge in [0.05, 0.1) is 5.69 Å². The van der Waals surface area contributed by atoms with Crippen LogP contribution >= 0.6 is 11.6 Å². The summed E-state index contributed by atoms with van der Waals surface area (Å²) in [5, 5.41) is 2.05. The van der Waals surface area contributed by atoms with E-state index >= 15 is 0 Å². The molecule has 0 aliphatic carbocycles. The van der Waals surface area contributed by atoms with Crippen molar-refractivity contribution < 1.29 is 9.47 Å². The summed E-state index contributed by atoms with van der Waals surface area (Å²) in [6.07, 6.45) is 3.15. The first-order valence-electron chi connectivity index (χ1n) is 9.39. The molecule has 0 saturated carbocycles. The second-order valence-electron chi connectivity index (χ2n) is 7.09. The summed E-state index contributed by atoms with van der Waals surface area (Å²) in [5.41, 5.74) is 3.62. The Morgan fingerprint density at radius 3 is 2.81 bits per heavy atom. The first kappa shape index (κ1) is 16.8. The first-order valence-corrected chi connectivity index (χ1v) is 9.77. The van der Waals surface area contributed by atoms with Gasteiger partial charge < -0.3 is 19.4 Å². The number of anilines is 1. The van der Waals surface area contributed by atoms with Crippen molar-refractivity contribution in [2.75, 3.05) is 44.4 Å². The van der Waals surface area contributed by atoms with Crippen LogP contribution in [0.1, 0.15) is 5.56 Å². The Bertz CT molecular complexity index is 963. The molecule has 0 amide bonds. The monoisotopic (exact) mass is 383 g/mol. The van der Waals surface area contributed by atoms with Crippen molar-refractivity contribution in [2.24, 2.45) is 0 Å². The van der Waals surface area contributed by atoms with E-state index in [0.29, 0.717) is 6.79 Å². The number of halogens is 1. The van der Waals surface area contributed by atoms with E-state index in [1.54, 1.807) is 0 Å². The number of benzene rings is 2. The molecule has 1 aromatic heterocycles. The summed E-state index contributed by atoms with van der Waals surface area (Å²) >= 11 is 6.08. The summed E-state index contributed by atoms with van der Waals surface area (Å²) in [6, 6.07) is 12.2. The van der Waals surface area contributed by atoms with E-state index in [4.69, 9.17) is 21.1 Å². The van der Waals surface area contributed by atoms with Crippen LogP contribution < -0.4 is 14.4 Å². The van der Waals surface area contributed by atoms with Gasteiger partial charge in [-0.15, -0.1) is 0 Å². The van der Waals surface area contributed by atoms with Crippen LogP contribution in [0.3, 0.4) is 0 Å². The van der Waals surface area contributed by atoms with Crippen molar-refractivity contribution in [2.45, 2.75) is 6.42 Å². The molecule has 1 N–H and O–H groups in total. The highest BCUT2D eigenvalue weighted by atomic mass is 35.5. The number of nitrogens with zero attached hydrogens (tertiary/aromatic N) is 2. The zero-order valence-corrected chi connectivity index (χ0v) is 15.8. The lowest BCUT2D eigenvalue weighted by Gasteiger charge is -2.36. The highest BCUT2D eigenvalue weighted by Gasteiger charge is 2.24. The summed E-state index contributed by atoms with van der Waals surface area (Å²) in [6.45, 7) is 5.50. The molecule has 3 heterocycles. The summed E-state index contributed by atoms with van der Waals surface area (Å²) in [5.74, 6) is 1.75. The van der Waals surface area contributed by atoms with Gasteiger partial charge in [0.1, 0.15) is 0 Å². The minimum absolute atomic E-state index is 0.322. The van der Waals surface area contributed by atoms with Gasteiger partial charge in [0.15, 0.2) is 11.5 Å². The minimum atomic E-state index is 0.322. The Hall–Kier alpha value is -2.37. The maximum absolute atomic E-state index is 6.08. The van der Waals surface area contributed by atoms with E-state index in [1.165, 1.54) is 10.9 Å². The molecule has 0 bridgehead atoms. The number of H-pyrrole nitrogens is 1. The van der Waals surface area contributed by atoms with E-state index in [9.17, 15) is 0 Å². The average Bonchev–Trinajstić information content (AvgIpc) is 3.33. The maximum Gasteiger partial charge on any atom is 0.231 e. The van der Waals surface area contributed by atoms with Gasteiger partial charge in [-0.25, -0.2) is 0 Å². The van der Waals surface area contributed by atoms with Crippen molar-refractivity contribution in [3.63, 3.8) is 0 Å². The van der Waals surface area contributed by atoms with E-state index in [2.05, 4.69) is 33.1 Å². The molecular formula is C21H22ClN3O2. The molecule has 2 aliphatic heterocycles. The van der Waals surface area contributed by atoms with Crippen LogP contribution in [-0.4, -0.2) is 49.4 Å². The number of ether oxygens (including phenoxy) is 2. The van der Waals surface area contributed by atoms with Gasteiger partial charge >= 0.3 is 0 Å². The maximum atomic E-state index is 6.08. The van der Waals surface area contributed by atoms with Gasteiger partial charge in [0, 0.05) is 54.8 Å². The number of aromatic nitrogens is 1. The number of hydrogen-bond acceptors (Lipinski definition) is 4. The molecule has 1 fully saturated rings. The predicted octanol–water partition coefficient (Wildman–Crippen LogP) is 3.91. The Balaban J connectivity index is 1.21. The van der Waals surface area contributed by atoms with Gasteiger partial charge in [-0.3, -0.25) is 4.90 Å². The molecule has 2 aliphatic rings. The smallest absolute Gasteiger partial charge is 0.231 e. The Morgan fingerprint density at radius 2 is 1.93 bits per heavy atom. The number of aromatic amines is 1. The SMILES string of the molecule is Clc1ccc2c(CCN3CCN(c4cccc5c4OCO5)CC3)c[nH]c2c1. The summed E-state index contributed by atoms with van der Waals surface area (Å²) < 4.78 is 11.2. The van der Waals surface area contributed by atoms with Crippen molar-refractivity contribution >= 4 is 28.2 Å². The molecule has 140 valence electrons. The van der Waals surface area contributed by atoms with E-state index in [-0.39, 0.29) is 0 Å². The number of hydrogen-bond donors (Lipinski definition) is 1. The fraction of sp³-hybridized carbons (Fsp3) is 0.333. The molecule has 6 heteroatoms. The van der Waals surface area contributed by atoms with Crippen LogP contribution in [0.4, 0.5) is 5.69 Å². The fourth-order valence-electron chi connectivity index (χ4n) is 4.02. The third-order valence-electron chi connectivity index (χ3n) is 5.52. The van der Waals surface area contributed by atoms with E-state index in [1.807, 2.05) is 24.3 Å². The zero-order valence-electron chi connectivity index (χ0n) is 15.1. The van der Waals surface area contributed by atoms with Gasteiger partial charge in [-0.1, -0.05) is 23.7 Å². The lowest BCUT2D eigenvalue weighted by atomic mass is 10.1. The highest BCUT2D eigenvalue weighted by Crippen LogP contribution is 2.41. The molecule has 1 saturated heterocycles. The van der Waals surface area contributed by atoms with Crippen LogP contribution in [0.15, 0.2) is 42.6 Å². The van der Waals surface area contributed by atoms with Gasteiger partial charge in [0.2, 0.25) is 6.79 Å². The van der Waals surface area contributed by atoms with Gasteiger partial charge in [-0.05, 0) is 36.2 Å².